The number of rotatable bonds is 5. The standard InChI is InChI=1S/C11H13N3O3/c1-3-5-8(4-2)13-11(15)10-6-9(7-12-10)14(16)17/h1,6-8,12H,4-5H2,2H3,(H,13,15). The van der Waals surface area contributed by atoms with Crippen molar-refractivity contribution in [2.45, 2.75) is 25.8 Å². The molecule has 0 fully saturated rings. The average molecular weight is 235 g/mol. The topological polar surface area (TPSA) is 88.0 Å². The van der Waals surface area contributed by atoms with Crippen LogP contribution in [0.25, 0.3) is 0 Å². The molecule has 2 N–H and O–H groups in total. The Bertz CT molecular complexity index is 459. The molecule has 90 valence electrons. The number of nitrogens with zero attached hydrogens (tertiary/aromatic N) is 1. The van der Waals surface area contributed by atoms with Crippen LogP contribution in [0, 0.1) is 22.5 Å². The number of carbonyl (C=O) groups excluding carboxylic acids is 1. The Kier molecular flexibility index (Phi) is 4.29. The molecule has 0 spiro atoms. The average Bonchev–Trinajstić information content (AvgIpc) is 2.77. The second-order valence-electron chi connectivity index (χ2n) is 3.52. The highest BCUT2D eigenvalue weighted by Crippen LogP contribution is 2.12. The van der Waals surface area contributed by atoms with Crippen molar-refractivity contribution < 1.29 is 9.72 Å². The van der Waals surface area contributed by atoms with Gasteiger partial charge in [-0.05, 0) is 6.42 Å². The van der Waals surface area contributed by atoms with E-state index in [0.717, 1.165) is 0 Å². The lowest BCUT2D eigenvalue weighted by Gasteiger charge is -2.12. The molecule has 1 unspecified atom stereocenters. The van der Waals surface area contributed by atoms with E-state index >= 15 is 0 Å². The third-order valence-corrected chi connectivity index (χ3v) is 2.32. The van der Waals surface area contributed by atoms with E-state index in [-0.39, 0.29) is 23.3 Å². The zero-order valence-corrected chi connectivity index (χ0v) is 9.40. The monoisotopic (exact) mass is 235 g/mol. The number of nitro groups is 1. The van der Waals surface area contributed by atoms with Crippen LogP contribution >= 0.6 is 0 Å². The summed E-state index contributed by atoms with van der Waals surface area (Å²) in [5, 5.41) is 13.1. The zero-order valence-electron chi connectivity index (χ0n) is 9.40. The van der Waals surface area contributed by atoms with Crippen molar-refractivity contribution in [3.05, 3.63) is 28.1 Å². The maximum absolute atomic E-state index is 11.7. The summed E-state index contributed by atoms with van der Waals surface area (Å²) in [7, 11) is 0. The Morgan fingerprint density at radius 2 is 2.47 bits per heavy atom. The highest BCUT2D eigenvalue weighted by atomic mass is 16.6. The third kappa shape index (κ3) is 3.34. The maximum atomic E-state index is 11.7. The number of hydrogen-bond acceptors (Lipinski definition) is 3. The first-order valence-corrected chi connectivity index (χ1v) is 5.15. The van der Waals surface area contributed by atoms with Crippen molar-refractivity contribution >= 4 is 11.6 Å². The Morgan fingerprint density at radius 1 is 1.76 bits per heavy atom. The van der Waals surface area contributed by atoms with Crippen LogP contribution in [0.3, 0.4) is 0 Å². The molecule has 0 radical (unpaired) electrons. The van der Waals surface area contributed by atoms with Crippen LogP contribution in [0.4, 0.5) is 5.69 Å². The molecule has 0 aliphatic heterocycles. The van der Waals surface area contributed by atoms with Gasteiger partial charge >= 0.3 is 0 Å². The van der Waals surface area contributed by atoms with E-state index in [1.54, 1.807) is 0 Å². The summed E-state index contributed by atoms with van der Waals surface area (Å²) < 4.78 is 0. The predicted octanol–water partition coefficient (Wildman–Crippen LogP) is 1.45. The molecule has 1 atom stereocenters. The van der Waals surface area contributed by atoms with Gasteiger partial charge in [0.2, 0.25) is 0 Å². The smallest absolute Gasteiger partial charge is 0.287 e. The van der Waals surface area contributed by atoms with Gasteiger partial charge in [0, 0.05) is 18.5 Å². The van der Waals surface area contributed by atoms with Crippen molar-refractivity contribution in [3.63, 3.8) is 0 Å². The number of amides is 1. The molecule has 0 bridgehead atoms. The van der Waals surface area contributed by atoms with Gasteiger partial charge in [0.1, 0.15) is 5.69 Å². The number of nitrogens with one attached hydrogen (secondary N) is 2. The minimum atomic E-state index is -0.563. The molecule has 0 aromatic carbocycles. The van der Waals surface area contributed by atoms with Crippen LogP contribution in [-0.4, -0.2) is 21.9 Å². The lowest BCUT2D eigenvalue weighted by Crippen LogP contribution is -2.34. The Hall–Kier alpha value is -2.29. The van der Waals surface area contributed by atoms with Gasteiger partial charge in [-0.2, -0.15) is 0 Å². The molecule has 6 heteroatoms. The molecule has 1 aromatic rings. The molecule has 1 amide bonds. The Balaban J connectivity index is 2.69. The van der Waals surface area contributed by atoms with Gasteiger partial charge in [0.25, 0.3) is 11.6 Å². The van der Waals surface area contributed by atoms with Crippen LogP contribution in [0.5, 0.6) is 0 Å². The van der Waals surface area contributed by atoms with E-state index in [2.05, 4.69) is 16.2 Å². The molecule has 0 saturated heterocycles. The first-order valence-electron chi connectivity index (χ1n) is 5.15. The van der Waals surface area contributed by atoms with Crippen molar-refractivity contribution in [2.24, 2.45) is 0 Å². The van der Waals surface area contributed by atoms with Crippen LogP contribution in [0.15, 0.2) is 12.3 Å². The largest absolute Gasteiger partial charge is 0.351 e. The van der Waals surface area contributed by atoms with Crippen molar-refractivity contribution in [1.29, 1.82) is 0 Å². The van der Waals surface area contributed by atoms with Gasteiger partial charge in [0.05, 0.1) is 11.1 Å². The Labute approximate surface area is 98.6 Å². The summed E-state index contributed by atoms with van der Waals surface area (Å²) in [4.78, 5) is 24.1. The van der Waals surface area contributed by atoms with E-state index < -0.39 is 4.92 Å². The lowest BCUT2D eigenvalue weighted by molar-refractivity contribution is -0.384. The molecule has 6 nitrogen and oxygen atoms in total. The van der Waals surface area contributed by atoms with Crippen LogP contribution in [-0.2, 0) is 0 Å². The summed E-state index contributed by atoms with van der Waals surface area (Å²) in [5.74, 6) is 2.08. The molecular formula is C11H13N3O3. The summed E-state index contributed by atoms with van der Waals surface area (Å²) >= 11 is 0. The second-order valence-corrected chi connectivity index (χ2v) is 3.52. The van der Waals surface area contributed by atoms with Crippen LogP contribution in [0.1, 0.15) is 30.3 Å². The number of H-pyrrole nitrogens is 1. The first kappa shape index (κ1) is 12.8. The van der Waals surface area contributed by atoms with Gasteiger partial charge in [-0.3, -0.25) is 14.9 Å². The summed E-state index contributed by atoms with van der Waals surface area (Å²) in [6.07, 6.45) is 7.49. The summed E-state index contributed by atoms with van der Waals surface area (Å²) in [6, 6.07) is 1.08. The number of carbonyl (C=O) groups is 1. The normalized spacial score (nSPS) is 11.5. The number of terminal acetylenes is 1. The number of hydrogen-bond donors (Lipinski definition) is 2. The van der Waals surface area contributed by atoms with Gasteiger partial charge in [-0.15, -0.1) is 12.3 Å². The van der Waals surface area contributed by atoms with Gasteiger partial charge < -0.3 is 10.3 Å². The van der Waals surface area contributed by atoms with E-state index in [0.29, 0.717) is 12.8 Å². The molecule has 0 aliphatic rings. The van der Waals surface area contributed by atoms with Gasteiger partial charge in [0.15, 0.2) is 0 Å². The lowest BCUT2D eigenvalue weighted by atomic mass is 10.1. The van der Waals surface area contributed by atoms with Crippen molar-refractivity contribution in [3.8, 4) is 12.3 Å². The number of aromatic amines is 1. The SMILES string of the molecule is C#CCC(CC)NC(=O)c1cc([N+](=O)[O-])c[nH]1. The van der Waals surface area contributed by atoms with Crippen LogP contribution in [0.2, 0.25) is 0 Å². The zero-order chi connectivity index (χ0) is 12.8. The highest BCUT2D eigenvalue weighted by molar-refractivity contribution is 5.93. The van der Waals surface area contributed by atoms with Crippen molar-refractivity contribution in [2.75, 3.05) is 0 Å². The van der Waals surface area contributed by atoms with Crippen molar-refractivity contribution in [1.82, 2.24) is 10.3 Å². The van der Waals surface area contributed by atoms with Crippen LogP contribution < -0.4 is 5.32 Å². The predicted molar refractivity (Wildman–Crippen MR) is 62.4 cm³/mol. The molecule has 0 saturated carbocycles. The molecule has 0 aliphatic carbocycles. The first-order chi connectivity index (χ1) is 8.08. The van der Waals surface area contributed by atoms with Gasteiger partial charge in [-0.25, -0.2) is 0 Å². The fourth-order valence-electron chi connectivity index (χ4n) is 1.32. The number of aromatic nitrogens is 1. The minimum Gasteiger partial charge on any atom is -0.351 e. The van der Waals surface area contributed by atoms with Gasteiger partial charge in [-0.1, -0.05) is 6.92 Å². The van der Waals surface area contributed by atoms with E-state index in [9.17, 15) is 14.9 Å². The maximum Gasteiger partial charge on any atom is 0.287 e. The van der Waals surface area contributed by atoms with E-state index in [1.165, 1.54) is 12.3 Å². The quantitative estimate of drug-likeness (QED) is 0.460. The molecule has 17 heavy (non-hydrogen) atoms. The minimum absolute atomic E-state index is 0.116. The molecule has 1 aromatic heterocycles. The highest BCUT2D eigenvalue weighted by Gasteiger charge is 2.16. The molecule has 1 heterocycles. The molecule has 1 rings (SSSR count). The fraction of sp³-hybridized carbons (Fsp3) is 0.364. The fourth-order valence-corrected chi connectivity index (χ4v) is 1.32. The Morgan fingerprint density at radius 3 is 2.94 bits per heavy atom. The second kappa shape index (κ2) is 5.70. The summed E-state index contributed by atoms with van der Waals surface area (Å²) in [5.41, 5.74) is 0.0207. The third-order valence-electron chi connectivity index (χ3n) is 2.32. The van der Waals surface area contributed by atoms with E-state index in [4.69, 9.17) is 6.42 Å². The van der Waals surface area contributed by atoms with E-state index in [1.807, 2.05) is 6.92 Å². The summed E-state index contributed by atoms with van der Waals surface area (Å²) in [6.45, 7) is 1.90. The molecular weight excluding hydrogens is 222 g/mol.